The van der Waals surface area contributed by atoms with Crippen LogP contribution in [0, 0.1) is 10.1 Å². The number of benzene rings is 1. The van der Waals surface area contributed by atoms with E-state index in [2.05, 4.69) is 6.58 Å². The second-order valence-electron chi connectivity index (χ2n) is 3.11. The van der Waals surface area contributed by atoms with E-state index < -0.39 is 16.4 Å². The van der Waals surface area contributed by atoms with E-state index in [0.717, 1.165) is 0 Å². The Labute approximate surface area is 92.1 Å². The fourth-order valence-electron chi connectivity index (χ4n) is 1.21. The highest BCUT2D eigenvalue weighted by Gasteiger charge is 2.20. The topological polar surface area (TPSA) is 98.6 Å². The van der Waals surface area contributed by atoms with E-state index in [0.29, 0.717) is 11.1 Å². The number of nitrogens with zero attached hydrogens (tertiary/aromatic N) is 1. The van der Waals surface area contributed by atoms with Gasteiger partial charge in [0.15, 0.2) is 5.75 Å². The second-order valence-corrected chi connectivity index (χ2v) is 3.11. The van der Waals surface area contributed by atoms with Gasteiger partial charge in [-0.3, -0.25) is 10.1 Å². The molecular weight excluding hydrogens is 212 g/mol. The molecule has 0 radical (unpaired) electrons. The summed E-state index contributed by atoms with van der Waals surface area (Å²) in [4.78, 5) is 9.99. The standard InChI is InChI=1S/C10H12N2O4/c1-6(5-11)7-3-8(12(14)15)10(13)9(4-7)16-2/h3-4,13H,1,5,11H2,2H3. The number of phenols is 1. The summed E-state index contributed by atoms with van der Waals surface area (Å²) < 4.78 is 4.83. The molecule has 0 saturated carbocycles. The summed E-state index contributed by atoms with van der Waals surface area (Å²) in [6, 6.07) is 2.67. The van der Waals surface area contributed by atoms with Crippen molar-refractivity contribution in [2.45, 2.75) is 0 Å². The molecule has 0 aromatic heterocycles. The molecule has 6 heteroatoms. The first-order valence-electron chi connectivity index (χ1n) is 4.44. The van der Waals surface area contributed by atoms with Crippen LogP contribution in [-0.2, 0) is 0 Å². The molecule has 1 aromatic rings. The van der Waals surface area contributed by atoms with Crippen molar-refractivity contribution < 1.29 is 14.8 Å². The molecule has 16 heavy (non-hydrogen) atoms. The molecule has 0 aliphatic carbocycles. The third-order valence-electron chi connectivity index (χ3n) is 2.13. The molecule has 1 aromatic carbocycles. The second kappa shape index (κ2) is 4.63. The van der Waals surface area contributed by atoms with Gasteiger partial charge in [-0.2, -0.15) is 0 Å². The summed E-state index contributed by atoms with van der Waals surface area (Å²) in [5, 5.41) is 20.2. The lowest BCUT2D eigenvalue weighted by Gasteiger charge is -2.08. The number of methoxy groups -OCH3 is 1. The summed E-state index contributed by atoms with van der Waals surface area (Å²) in [6.45, 7) is 3.84. The molecule has 1 rings (SSSR count). The average molecular weight is 224 g/mol. The molecule has 0 atom stereocenters. The number of phenolic OH excluding ortho intramolecular Hbond substituents is 1. The minimum absolute atomic E-state index is 0.0267. The van der Waals surface area contributed by atoms with E-state index in [1.54, 1.807) is 0 Å². The maximum atomic E-state index is 10.7. The SMILES string of the molecule is C=C(CN)c1cc(OC)c(O)c([N+](=O)[O-])c1. The van der Waals surface area contributed by atoms with E-state index in [-0.39, 0.29) is 12.3 Å². The maximum Gasteiger partial charge on any atom is 0.315 e. The van der Waals surface area contributed by atoms with Crippen LogP contribution in [0.15, 0.2) is 18.7 Å². The van der Waals surface area contributed by atoms with Crippen LogP contribution in [-0.4, -0.2) is 23.7 Å². The Balaban J connectivity index is 3.40. The van der Waals surface area contributed by atoms with Crippen LogP contribution in [0.5, 0.6) is 11.5 Å². The van der Waals surface area contributed by atoms with Gasteiger partial charge in [0.05, 0.1) is 12.0 Å². The van der Waals surface area contributed by atoms with E-state index in [1.165, 1.54) is 19.2 Å². The molecule has 3 N–H and O–H groups in total. The van der Waals surface area contributed by atoms with E-state index in [1.807, 2.05) is 0 Å². The zero-order valence-corrected chi connectivity index (χ0v) is 8.77. The highest BCUT2D eigenvalue weighted by molar-refractivity contribution is 5.71. The van der Waals surface area contributed by atoms with Crippen molar-refractivity contribution in [3.63, 3.8) is 0 Å². The Kier molecular flexibility index (Phi) is 3.47. The van der Waals surface area contributed by atoms with Gasteiger partial charge in [0.25, 0.3) is 0 Å². The average Bonchev–Trinajstić information content (AvgIpc) is 2.27. The van der Waals surface area contributed by atoms with Crippen molar-refractivity contribution in [1.29, 1.82) is 0 Å². The Morgan fingerprint density at radius 1 is 1.69 bits per heavy atom. The van der Waals surface area contributed by atoms with Gasteiger partial charge in [-0.05, 0) is 17.2 Å². The number of hydrogen-bond acceptors (Lipinski definition) is 5. The molecule has 86 valence electrons. The van der Waals surface area contributed by atoms with Crippen LogP contribution in [0.3, 0.4) is 0 Å². The van der Waals surface area contributed by atoms with Crippen LogP contribution in [0.4, 0.5) is 5.69 Å². The summed E-state index contributed by atoms with van der Waals surface area (Å²) in [5.74, 6) is -0.472. The van der Waals surface area contributed by atoms with Crippen LogP contribution < -0.4 is 10.5 Å². The number of nitro groups is 1. The lowest BCUT2D eigenvalue weighted by molar-refractivity contribution is -0.386. The van der Waals surface area contributed by atoms with Crippen molar-refractivity contribution in [3.05, 3.63) is 34.4 Å². The molecular formula is C10H12N2O4. The molecule has 0 fully saturated rings. The molecule has 0 spiro atoms. The minimum atomic E-state index is -0.689. The van der Waals surface area contributed by atoms with Gasteiger partial charge >= 0.3 is 5.69 Å². The molecule has 6 nitrogen and oxygen atoms in total. The van der Waals surface area contributed by atoms with Gasteiger partial charge in [0.1, 0.15) is 0 Å². The summed E-state index contributed by atoms with van der Waals surface area (Å²) in [6.07, 6.45) is 0. The molecule has 0 aliphatic rings. The van der Waals surface area contributed by atoms with Crippen molar-refractivity contribution in [1.82, 2.24) is 0 Å². The zero-order chi connectivity index (χ0) is 12.3. The summed E-state index contributed by atoms with van der Waals surface area (Å²) >= 11 is 0. The maximum absolute atomic E-state index is 10.7. The monoisotopic (exact) mass is 224 g/mol. The molecule has 0 bridgehead atoms. The summed E-state index contributed by atoms with van der Waals surface area (Å²) in [5.41, 5.74) is 5.97. The third kappa shape index (κ3) is 2.12. The highest BCUT2D eigenvalue weighted by atomic mass is 16.6. The van der Waals surface area contributed by atoms with Crippen LogP contribution in [0.1, 0.15) is 5.56 Å². The van der Waals surface area contributed by atoms with Gasteiger partial charge in [-0.15, -0.1) is 0 Å². The Bertz CT molecular complexity index is 443. The first kappa shape index (κ1) is 12.0. The van der Waals surface area contributed by atoms with Crippen molar-refractivity contribution in [2.24, 2.45) is 5.73 Å². The number of nitro benzene ring substituents is 1. The predicted molar refractivity (Wildman–Crippen MR) is 59.4 cm³/mol. The number of ether oxygens (including phenoxy) is 1. The Hall–Kier alpha value is -2.08. The first-order chi connectivity index (χ1) is 7.51. The summed E-state index contributed by atoms with van der Waals surface area (Å²) in [7, 11) is 1.31. The van der Waals surface area contributed by atoms with Crippen LogP contribution >= 0.6 is 0 Å². The van der Waals surface area contributed by atoms with E-state index >= 15 is 0 Å². The molecule has 0 saturated heterocycles. The van der Waals surface area contributed by atoms with Crippen molar-refractivity contribution in [2.75, 3.05) is 13.7 Å². The Morgan fingerprint density at radius 2 is 2.31 bits per heavy atom. The highest BCUT2D eigenvalue weighted by Crippen LogP contribution is 2.38. The zero-order valence-electron chi connectivity index (χ0n) is 8.77. The minimum Gasteiger partial charge on any atom is -0.500 e. The third-order valence-corrected chi connectivity index (χ3v) is 2.13. The fraction of sp³-hybridized carbons (Fsp3) is 0.200. The van der Waals surface area contributed by atoms with E-state index in [4.69, 9.17) is 10.5 Å². The molecule has 0 amide bonds. The van der Waals surface area contributed by atoms with Crippen molar-refractivity contribution >= 4 is 11.3 Å². The quantitative estimate of drug-likeness (QED) is 0.592. The number of hydrogen-bond donors (Lipinski definition) is 2. The first-order valence-corrected chi connectivity index (χ1v) is 4.44. The molecule has 0 aliphatic heterocycles. The van der Waals surface area contributed by atoms with Crippen molar-refractivity contribution in [3.8, 4) is 11.5 Å². The van der Waals surface area contributed by atoms with Gasteiger partial charge in [-0.1, -0.05) is 6.58 Å². The van der Waals surface area contributed by atoms with Gasteiger partial charge < -0.3 is 15.6 Å². The van der Waals surface area contributed by atoms with Gasteiger partial charge in [0.2, 0.25) is 5.75 Å². The predicted octanol–water partition coefficient (Wildman–Crippen LogP) is 1.28. The van der Waals surface area contributed by atoms with Gasteiger partial charge in [-0.25, -0.2) is 0 Å². The van der Waals surface area contributed by atoms with Gasteiger partial charge in [0, 0.05) is 12.6 Å². The van der Waals surface area contributed by atoms with Crippen LogP contribution in [0.25, 0.3) is 5.57 Å². The largest absolute Gasteiger partial charge is 0.500 e. The normalized spacial score (nSPS) is 9.88. The molecule has 0 heterocycles. The van der Waals surface area contributed by atoms with Crippen LogP contribution in [0.2, 0.25) is 0 Å². The fourth-order valence-corrected chi connectivity index (χ4v) is 1.21. The lowest BCUT2D eigenvalue weighted by atomic mass is 10.1. The Morgan fingerprint density at radius 3 is 2.75 bits per heavy atom. The number of nitrogens with two attached hydrogens (primary N) is 1. The number of aromatic hydroxyl groups is 1. The molecule has 0 unspecified atom stereocenters. The smallest absolute Gasteiger partial charge is 0.315 e. The number of rotatable bonds is 4. The lowest BCUT2D eigenvalue weighted by Crippen LogP contribution is -2.02. The van der Waals surface area contributed by atoms with E-state index in [9.17, 15) is 15.2 Å².